The number of epoxide rings is 1. The van der Waals surface area contributed by atoms with E-state index >= 15 is 0 Å². The highest BCUT2D eigenvalue weighted by Crippen LogP contribution is 2.39. The second-order valence-electron chi connectivity index (χ2n) is 13.6. The molecule has 1 aliphatic heterocycles. The largest absolute Gasteiger partial charge is 0.506 e. The molecule has 1 aliphatic rings. The summed E-state index contributed by atoms with van der Waals surface area (Å²) >= 11 is 36.3. The van der Waals surface area contributed by atoms with E-state index < -0.39 is 29.6 Å². The van der Waals surface area contributed by atoms with E-state index in [1.807, 2.05) is 0 Å². The van der Waals surface area contributed by atoms with Crippen LogP contribution in [0.5, 0.6) is 11.5 Å². The fourth-order valence-electron chi connectivity index (χ4n) is 5.33. The Bertz CT molecular complexity index is 3010. The van der Waals surface area contributed by atoms with Crippen LogP contribution in [-0.2, 0) is 17.1 Å². The monoisotopic (exact) mass is 1010 g/mol. The van der Waals surface area contributed by atoms with Gasteiger partial charge < -0.3 is 37.5 Å². The van der Waals surface area contributed by atoms with Crippen molar-refractivity contribution in [2.45, 2.75) is 38.4 Å². The molecule has 0 aliphatic carbocycles. The van der Waals surface area contributed by atoms with Crippen molar-refractivity contribution >= 4 is 80.9 Å². The molecule has 8 aromatic rings. The lowest BCUT2D eigenvalue weighted by molar-refractivity contribution is -0.138. The Kier molecular flexibility index (Phi) is 13.5. The molecule has 0 radical (unpaired) electrons. The summed E-state index contributed by atoms with van der Waals surface area (Å²) in [6.45, 7) is 4.62. The minimum Gasteiger partial charge on any atom is -0.506 e. The SMILES string of the molecule is C[C@H](O)COc1cc(Cl)c(-c2noc(-c3cn4cc(C(F)(F)F)cc(Cl)c4n3)n2)cc1Cl.C[C@H]1CO1.Oc1cc(Cl)c(-c2noc(-c3cn4cc(C(F)(F)F)cc(Cl)c4n3)n2)cc1Cl. The average Bonchev–Trinajstić information content (AvgIpc) is 3.71. The molecule has 2 aromatic carbocycles. The van der Waals surface area contributed by atoms with Gasteiger partial charge in [-0.15, -0.1) is 0 Å². The molecule has 336 valence electrons. The van der Waals surface area contributed by atoms with Crippen LogP contribution in [0.25, 0.3) is 57.2 Å². The van der Waals surface area contributed by atoms with E-state index in [9.17, 15) is 36.6 Å². The van der Waals surface area contributed by atoms with Crippen LogP contribution in [0.2, 0.25) is 30.1 Å². The zero-order valence-electron chi connectivity index (χ0n) is 32.0. The van der Waals surface area contributed by atoms with Crippen LogP contribution in [0, 0.1) is 0 Å². The zero-order chi connectivity index (χ0) is 46.4. The number of halogens is 12. The van der Waals surface area contributed by atoms with Gasteiger partial charge in [0.2, 0.25) is 11.6 Å². The maximum Gasteiger partial charge on any atom is 0.417 e. The lowest BCUT2D eigenvalue weighted by Gasteiger charge is -2.11. The smallest absolute Gasteiger partial charge is 0.417 e. The predicted molar refractivity (Wildman–Crippen MR) is 222 cm³/mol. The summed E-state index contributed by atoms with van der Waals surface area (Å²) in [7, 11) is 0. The van der Waals surface area contributed by atoms with Crippen LogP contribution in [0.4, 0.5) is 26.3 Å². The number of imidazole rings is 2. The number of rotatable bonds is 7. The topological polar surface area (TPSA) is 175 Å². The van der Waals surface area contributed by atoms with E-state index in [1.165, 1.54) is 36.7 Å². The molecule has 2 N–H and O–H groups in total. The molecule has 9 rings (SSSR count). The van der Waals surface area contributed by atoms with E-state index in [0.29, 0.717) is 17.2 Å². The molecule has 6 aromatic heterocycles. The minimum absolute atomic E-state index is 0.0221. The second-order valence-corrected chi connectivity index (χ2v) is 16.0. The molecule has 0 unspecified atom stereocenters. The normalized spacial score (nSPS) is 14.3. The van der Waals surface area contributed by atoms with E-state index in [1.54, 1.807) is 6.92 Å². The molecule has 14 nitrogen and oxygen atoms in total. The summed E-state index contributed by atoms with van der Waals surface area (Å²) in [5.74, 6) is 0.0581. The number of benzene rings is 2. The number of nitrogens with zero attached hydrogens (tertiary/aromatic N) is 8. The van der Waals surface area contributed by atoms with Gasteiger partial charge in [-0.3, -0.25) is 0 Å². The molecule has 0 spiro atoms. The lowest BCUT2D eigenvalue weighted by atomic mass is 10.2. The Morgan fingerprint density at radius 2 is 1.11 bits per heavy atom. The first-order valence-electron chi connectivity index (χ1n) is 17.8. The predicted octanol–water partition coefficient (Wildman–Crippen LogP) is 11.9. The second kappa shape index (κ2) is 18.4. The number of aliphatic hydroxyl groups is 1. The fourth-order valence-corrected chi connectivity index (χ4v) is 6.71. The molecule has 7 heterocycles. The molecular formula is C38H24Cl6F6N8O6. The van der Waals surface area contributed by atoms with Crippen molar-refractivity contribution in [1.82, 2.24) is 39.1 Å². The first-order chi connectivity index (χ1) is 30.0. The zero-order valence-corrected chi connectivity index (χ0v) is 36.5. The molecule has 0 amide bonds. The molecule has 0 saturated carbocycles. The Balaban J connectivity index is 0.000000177. The molecule has 0 bridgehead atoms. The first-order valence-corrected chi connectivity index (χ1v) is 20.1. The van der Waals surface area contributed by atoms with Gasteiger partial charge >= 0.3 is 12.4 Å². The maximum absolute atomic E-state index is 13.0. The lowest BCUT2D eigenvalue weighted by Crippen LogP contribution is -2.12. The maximum atomic E-state index is 13.0. The summed E-state index contributed by atoms with van der Waals surface area (Å²) in [4.78, 5) is 16.7. The van der Waals surface area contributed by atoms with Gasteiger partial charge in [0.25, 0.3) is 11.8 Å². The summed E-state index contributed by atoms with van der Waals surface area (Å²) < 4.78 is 101. The number of fused-ring (bicyclic) bond motifs is 2. The van der Waals surface area contributed by atoms with Gasteiger partial charge in [0.15, 0.2) is 11.3 Å². The Labute approximate surface area is 384 Å². The van der Waals surface area contributed by atoms with Crippen molar-refractivity contribution in [3.63, 3.8) is 0 Å². The number of aliphatic hydroxyl groups excluding tert-OH is 1. The number of aromatic nitrogens is 8. The van der Waals surface area contributed by atoms with Crippen molar-refractivity contribution in [3.8, 4) is 57.4 Å². The van der Waals surface area contributed by atoms with Crippen LogP contribution in [0.1, 0.15) is 25.0 Å². The van der Waals surface area contributed by atoms with E-state index in [-0.39, 0.29) is 94.4 Å². The number of aromatic hydroxyl groups is 1. The Hall–Kier alpha value is -5.06. The highest BCUT2D eigenvalue weighted by Gasteiger charge is 2.33. The van der Waals surface area contributed by atoms with Crippen molar-refractivity contribution < 1.29 is 55.1 Å². The van der Waals surface area contributed by atoms with Crippen molar-refractivity contribution in [2.24, 2.45) is 0 Å². The number of pyridine rings is 2. The highest BCUT2D eigenvalue weighted by atomic mass is 35.5. The molecule has 1 saturated heterocycles. The van der Waals surface area contributed by atoms with Gasteiger partial charge in [0.1, 0.15) is 29.5 Å². The summed E-state index contributed by atoms with van der Waals surface area (Å²) in [5.41, 5.74) is -0.816. The van der Waals surface area contributed by atoms with Gasteiger partial charge in [-0.1, -0.05) is 79.9 Å². The molecule has 2 atom stereocenters. The van der Waals surface area contributed by atoms with Crippen LogP contribution in [-0.4, -0.2) is 74.7 Å². The number of hydrogen-bond acceptors (Lipinski definition) is 12. The van der Waals surface area contributed by atoms with Gasteiger partial charge in [0.05, 0.1) is 60.1 Å². The number of phenolic OH excluding ortho intramolecular Hbond substituents is 1. The van der Waals surface area contributed by atoms with Gasteiger partial charge in [0, 0.05) is 48.0 Å². The number of alkyl halides is 6. The quantitative estimate of drug-likeness (QED) is 0.114. The summed E-state index contributed by atoms with van der Waals surface area (Å²) in [6.07, 6.45) is -4.97. The average molecular weight is 1020 g/mol. The molecular weight excluding hydrogens is 991 g/mol. The van der Waals surface area contributed by atoms with Crippen molar-refractivity contribution in [1.29, 1.82) is 0 Å². The molecule has 64 heavy (non-hydrogen) atoms. The minimum atomic E-state index is -4.57. The van der Waals surface area contributed by atoms with Crippen LogP contribution in [0.15, 0.2) is 70.2 Å². The van der Waals surface area contributed by atoms with Gasteiger partial charge in [-0.05, 0) is 38.1 Å². The number of phenols is 1. The van der Waals surface area contributed by atoms with E-state index in [0.717, 1.165) is 39.9 Å². The fraction of sp³-hybridized carbons (Fsp3) is 0.211. The number of ether oxygens (including phenoxy) is 2. The van der Waals surface area contributed by atoms with Crippen molar-refractivity contribution in [3.05, 3.63) is 102 Å². The summed E-state index contributed by atoms with van der Waals surface area (Å²) in [5, 5.41) is 26.7. The first kappa shape index (κ1) is 46.9. The van der Waals surface area contributed by atoms with Crippen LogP contribution < -0.4 is 4.74 Å². The van der Waals surface area contributed by atoms with E-state index in [2.05, 4.69) is 37.2 Å². The number of hydrogen-bond donors (Lipinski definition) is 2. The van der Waals surface area contributed by atoms with Crippen LogP contribution >= 0.6 is 69.6 Å². The van der Waals surface area contributed by atoms with Crippen LogP contribution in [0.3, 0.4) is 0 Å². The summed E-state index contributed by atoms with van der Waals surface area (Å²) in [6, 6.07) is 7.05. The van der Waals surface area contributed by atoms with Crippen molar-refractivity contribution in [2.75, 3.05) is 13.2 Å². The Morgan fingerprint density at radius 3 is 1.53 bits per heavy atom. The molecule has 26 heteroatoms. The molecule has 1 fully saturated rings. The highest BCUT2D eigenvalue weighted by molar-refractivity contribution is 6.37. The third kappa shape index (κ3) is 10.7. The van der Waals surface area contributed by atoms with E-state index in [4.69, 9.17) is 88.1 Å². The van der Waals surface area contributed by atoms with Gasteiger partial charge in [-0.25, -0.2) is 9.97 Å². The standard InChI is InChI=1S/C19H12Cl3F3N4O3.C16H6Cl3F3N4O2.C3H6O/c1-8(30)7-31-15-4-11(20)10(3-12(15)21)16-27-18(32-28-16)14-6-29-5-9(19(23,24)25)2-13(22)17(29)26-14;17-8-3-12(27)9(18)2-7(8)13-24-15(28-25-13)11-5-26-4-6(16(20,21)22)1-10(19)14(26)23-11;1-3-2-4-3/h2-6,8,30H,7H2,1H3;1-5,27H;3H,2H2,1H3/t8-;;3-/m0.0/s1. The third-order valence-electron chi connectivity index (χ3n) is 8.48. The third-order valence-corrected chi connectivity index (χ3v) is 10.3. The van der Waals surface area contributed by atoms with Gasteiger partial charge in [-0.2, -0.15) is 36.3 Å². The Morgan fingerprint density at radius 1 is 0.672 bits per heavy atom.